The number of aromatic nitrogens is 2. The van der Waals surface area contributed by atoms with Crippen LogP contribution in [0.1, 0.15) is 34.7 Å². The van der Waals surface area contributed by atoms with E-state index >= 15 is 0 Å². The van der Waals surface area contributed by atoms with E-state index in [1.54, 1.807) is 29.2 Å². The summed E-state index contributed by atoms with van der Waals surface area (Å²) in [7, 11) is 0. The summed E-state index contributed by atoms with van der Waals surface area (Å²) in [5, 5.41) is 3.80. The lowest BCUT2D eigenvalue weighted by Gasteiger charge is -2.37. The molecule has 0 aliphatic carbocycles. The smallest absolute Gasteiger partial charge is 0.416 e. The second-order valence-electron chi connectivity index (χ2n) is 6.87. The van der Waals surface area contributed by atoms with Gasteiger partial charge in [-0.3, -0.25) is 4.79 Å². The zero-order valence-electron chi connectivity index (χ0n) is 16.0. The Bertz CT molecular complexity index is 1060. The van der Waals surface area contributed by atoms with E-state index in [1.807, 2.05) is 6.92 Å². The Labute approximate surface area is 170 Å². The summed E-state index contributed by atoms with van der Waals surface area (Å²) in [5.41, 5.74) is -0.0783. The molecule has 1 aromatic heterocycles. The fourth-order valence-electron chi connectivity index (χ4n) is 3.25. The molecule has 0 radical (unpaired) electrons. The van der Waals surface area contributed by atoms with Crippen molar-refractivity contribution < 1.29 is 27.2 Å². The van der Waals surface area contributed by atoms with Crippen molar-refractivity contribution in [2.45, 2.75) is 19.0 Å². The highest BCUT2D eigenvalue weighted by molar-refractivity contribution is 5.97. The first kappa shape index (κ1) is 19.9. The van der Waals surface area contributed by atoms with Crippen LogP contribution in [0.4, 0.5) is 13.2 Å². The Balaban J connectivity index is 1.44. The van der Waals surface area contributed by atoms with Gasteiger partial charge in [0.2, 0.25) is 11.7 Å². The highest BCUT2D eigenvalue weighted by Crippen LogP contribution is 2.33. The average Bonchev–Trinajstić information content (AvgIpc) is 3.16. The van der Waals surface area contributed by atoms with Crippen molar-refractivity contribution in [2.24, 2.45) is 0 Å². The van der Waals surface area contributed by atoms with Crippen LogP contribution in [-0.2, 0) is 6.18 Å². The number of ether oxygens (including phenoxy) is 1. The van der Waals surface area contributed by atoms with Crippen molar-refractivity contribution in [1.29, 1.82) is 0 Å². The van der Waals surface area contributed by atoms with Gasteiger partial charge in [-0.05, 0) is 31.2 Å². The molecule has 1 fully saturated rings. The molecule has 1 saturated heterocycles. The number of benzene rings is 2. The summed E-state index contributed by atoms with van der Waals surface area (Å²) >= 11 is 0. The van der Waals surface area contributed by atoms with Gasteiger partial charge in [-0.2, -0.15) is 18.2 Å². The van der Waals surface area contributed by atoms with Crippen LogP contribution < -0.4 is 4.74 Å². The van der Waals surface area contributed by atoms with Crippen molar-refractivity contribution in [1.82, 2.24) is 15.0 Å². The fraction of sp³-hybridized carbons (Fsp3) is 0.286. The molecule has 0 unspecified atom stereocenters. The maximum absolute atomic E-state index is 12.9. The largest absolute Gasteiger partial charge is 0.493 e. The number of alkyl halides is 3. The molecule has 30 heavy (non-hydrogen) atoms. The molecule has 1 aliphatic rings. The summed E-state index contributed by atoms with van der Waals surface area (Å²) < 4.78 is 49.5. The van der Waals surface area contributed by atoms with Crippen LogP contribution in [0.2, 0.25) is 0 Å². The van der Waals surface area contributed by atoms with Gasteiger partial charge in [-0.25, -0.2) is 0 Å². The van der Waals surface area contributed by atoms with Crippen LogP contribution in [-0.4, -0.2) is 40.6 Å². The number of amides is 1. The van der Waals surface area contributed by atoms with Crippen LogP contribution in [0, 0.1) is 0 Å². The first-order valence-corrected chi connectivity index (χ1v) is 9.39. The first-order chi connectivity index (χ1) is 14.4. The average molecular weight is 417 g/mol. The molecule has 1 aliphatic heterocycles. The van der Waals surface area contributed by atoms with Crippen molar-refractivity contribution >= 4 is 5.91 Å². The molecule has 0 atom stereocenters. The maximum Gasteiger partial charge on any atom is 0.416 e. The third-order valence-electron chi connectivity index (χ3n) is 4.83. The van der Waals surface area contributed by atoms with Crippen molar-refractivity contribution in [3.63, 3.8) is 0 Å². The second kappa shape index (κ2) is 7.81. The Hall–Kier alpha value is -3.36. The van der Waals surface area contributed by atoms with E-state index in [0.717, 1.165) is 12.1 Å². The lowest BCUT2D eigenvalue weighted by atomic mass is 9.98. The standard InChI is InChI=1S/C21H18F3N3O3/c1-2-29-17-9-4-3-8-16(17)20(28)27-11-14(12-27)19-25-18(26-30-19)13-6-5-7-15(10-13)21(22,23)24/h3-10,14H,2,11-12H2,1H3. The van der Waals surface area contributed by atoms with Crippen molar-refractivity contribution in [2.75, 3.05) is 19.7 Å². The van der Waals surface area contributed by atoms with Crippen molar-refractivity contribution in [3.05, 3.63) is 65.5 Å². The van der Waals surface area contributed by atoms with Crippen LogP contribution in [0.25, 0.3) is 11.4 Å². The molecule has 0 bridgehead atoms. The van der Waals surface area contributed by atoms with Gasteiger partial charge in [-0.1, -0.05) is 29.4 Å². The number of para-hydroxylation sites is 1. The van der Waals surface area contributed by atoms with Gasteiger partial charge in [-0.15, -0.1) is 0 Å². The quantitative estimate of drug-likeness (QED) is 0.616. The number of carbonyl (C=O) groups is 1. The highest BCUT2D eigenvalue weighted by atomic mass is 19.4. The van der Waals surface area contributed by atoms with Gasteiger partial charge in [0.15, 0.2) is 0 Å². The molecule has 156 valence electrons. The molecule has 9 heteroatoms. The number of halogens is 3. The van der Waals surface area contributed by atoms with E-state index in [4.69, 9.17) is 9.26 Å². The third kappa shape index (κ3) is 3.87. The minimum absolute atomic E-state index is 0.0857. The number of likely N-dealkylation sites (tertiary alicyclic amines) is 1. The summed E-state index contributed by atoms with van der Waals surface area (Å²) in [4.78, 5) is 18.6. The maximum atomic E-state index is 12.9. The molecule has 0 spiro atoms. The molecule has 1 amide bonds. The number of nitrogens with zero attached hydrogens (tertiary/aromatic N) is 3. The molecular formula is C21H18F3N3O3. The van der Waals surface area contributed by atoms with Gasteiger partial charge in [0.25, 0.3) is 5.91 Å². The van der Waals surface area contributed by atoms with Gasteiger partial charge < -0.3 is 14.2 Å². The zero-order chi connectivity index (χ0) is 21.3. The van der Waals surface area contributed by atoms with E-state index < -0.39 is 11.7 Å². The lowest BCUT2D eigenvalue weighted by Crippen LogP contribution is -2.48. The van der Waals surface area contributed by atoms with E-state index in [9.17, 15) is 18.0 Å². The van der Waals surface area contributed by atoms with Crippen LogP contribution in [0.5, 0.6) is 5.75 Å². The molecule has 6 nitrogen and oxygen atoms in total. The fourth-order valence-corrected chi connectivity index (χ4v) is 3.25. The summed E-state index contributed by atoms with van der Waals surface area (Å²) in [6, 6.07) is 11.8. The van der Waals surface area contributed by atoms with Crippen LogP contribution in [0.3, 0.4) is 0 Å². The summed E-state index contributed by atoms with van der Waals surface area (Å²) in [6.45, 7) is 3.05. The van der Waals surface area contributed by atoms with Crippen LogP contribution >= 0.6 is 0 Å². The van der Waals surface area contributed by atoms with Gasteiger partial charge in [0.1, 0.15) is 5.75 Å². The molecular weight excluding hydrogens is 399 g/mol. The van der Waals surface area contributed by atoms with Gasteiger partial charge in [0, 0.05) is 18.7 Å². The lowest BCUT2D eigenvalue weighted by molar-refractivity contribution is -0.137. The molecule has 4 rings (SSSR count). The number of hydrogen-bond donors (Lipinski definition) is 0. The number of hydrogen-bond acceptors (Lipinski definition) is 5. The third-order valence-corrected chi connectivity index (χ3v) is 4.83. The second-order valence-corrected chi connectivity index (χ2v) is 6.87. The Morgan fingerprint density at radius 2 is 1.97 bits per heavy atom. The first-order valence-electron chi connectivity index (χ1n) is 9.39. The van der Waals surface area contributed by atoms with Gasteiger partial charge in [0.05, 0.1) is 23.7 Å². The monoisotopic (exact) mass is 417 g/mol. The SMILES string of the molecule is CCOc1ccccc1C(=O)N1CC(c2nc(-c3cccc(C(F)(F)F)c3)no2)C1. The topological polar surface area (TPSA) is 68.5 Å². The molecule has 0 N–H and O–H groups in total. The predicted octanol–water partition coefficient (Wildman–Crippen LogP) is 4.39. The summed E-state index contributed by atoms with van der Waals surface area (Å²) in [5.74, 6) is 0.582. The van der Waals surface area contributed by atoms with Crippen molar-refractivity contribution in [3.8, 4) is 17.1 Å². The van der Waals surface area contributed by atoms with E-state index in [-0.39, 0.29) is 23.2 Å². The highest BCUT2D eigenvalue weighted by Gasteiger charge is 2.37. The minimum Gasteiger partial charge on any atom is -0.493 e. The molecule has 3 aromatic rings. The Morgan fingerprint density at radius 1 is 1.20 bits per heavy atom. The summed E-state index contributed by atoms with van der Waals surface area (Å²) in [6.07, 6.45) is -4.45. The molecule has 0 saturated carbocycles. The van der Waals surface area contributed by atoms with Crippen LogP contribution in [0.15, 0.2) is 53.1 Å². The van der Waals surface area contributed by atoms with E-state index in [0.29, 0.717) is 36.9 Å². The Morgan fingerprint density at radius 3 is 2.70 bits per heavy atom. The molecule has 2 heterocycles. The minimum atomic E-state index is -4.45. The van der Waals surface area contributed by atoms with E-state index in [2.05, 4.69) is 10.1 Å². The van der Waals surface area contributed by atoms with E-state index in [1.165, 1.54) is 12.1 Å². The predicted molar refractivity (Wildman–Crippen MR) is 101 cm³/mol. The normalized spacial score (nSPS) is 14.5. The zero-order valence-corrected chi connectivity index (χ0v) is 16.0. The van der Waals surface area contributed by atoms with Gasteiger partial charge >= 0.3 is 6.18 Å². The molecule has 2 aromatic carbocycles. The number of carbonyl (C=O) groups excluding carboxylic acids is 1. The Kier molecular flexibility index (Phi) is 5.19. The number of rotatable bonds is 5.